The van der Waals surface area contributed by atoms with Crippen LogP contribution in [0.3, 0.4) is 0 Å². The van der Waals surface area contributed by atoms with Crippen LogP contribution in [0.25, 0.3) is 0 Å². The molecule has 1 rings (SSSR count). The van der Waals surface area contributed by atoms with Gasteiger partial charge in [-0.15, -0.1) is 0 Å². The first-order chi connectivity index (χ1) is 6.59. The zero-order valence-corrected chi connectivity index (χ0v) is 7.10. The fourth-order valence-electron chi connectivity index (χ4n) is 0.874. The van der Waals surface area contributed by atoms with Gasteiger partial charge in [0.15, 0.2) is 0 Å². The van der Waals surface area contributed by atoms with E-state index in [2.05, 4.69) is 10.3 Å². The number of pyridine rings is 1. The van der Waals surface area contributed by atoms with E-state index in [4.69, 9.17) is 10.2 Å². The molecule has 0 radical (unpaired) electrons. The number of nitrogens with zero attached hydrogens (tertiary/aromatic N) is 1. The average Bonchev–Trinajstić information content (AvgIpc) is 2.15. The molecular formula is C8H8N2O4. The Balaban J connectivity index is 2.73. The molecule has 0 aliphatic carbocycles. The molecule has 0 aliphatic heterocycles. The van der Waals surface area contributed by atoms with Crippen molar-refractivity contribution in [1.29, 1.82) is 0 Å². The van der Waals surface area contributed by atoms with Crippen molar-refractivity contribution in [3.63, 3.8) is 0 Å². The van der Waals surface area contributed by atoms with Gasteiger partial charge in [-0.2, -0.15) is 0 Å². The number of carbonyl (C=O) groups is 2. The van der Waals surface area contributed by atoms with E-state index < -0.39 is 12.1 Å². The van der Waals surface area contributed by atoms with Crippen molar-refractivity contribution in [2.45, 2.75) is 6.54 Å². The minimum Gasteiger partial charge on any atom is -0.478 e. The molecule has 6 heteroatoms. The van der Waals surface area contributed by atoms with Crippen LogP contribution in [0.2, 0.25) is 0 Å². The number of aromatic nitrogens is 1. The molecule has 0 bridgehead atoms. The van der Waals surface area contributed by atoms with Gasteiger partial charge in [0, 0.05) is 6.20 Å². The maximum Gasteiger partial charge on any atom is 0.404 e. The van der Waals surface area contributed by atoms with Crippen LogP contribution in [-0.4, -0.2) is 27.3 Å². The molecular weight excluding hydrogens is 188 g/mol. The predicted molar refractivity (Wildman–Crippen MR) is 46.1 cm³/mol. The number of amides is 1. The Morgan fingerprint density at radius 2 is 2.14 bits per heavy atom. The fourth-order valence-corrected chi connectivity index (χ4v) is 0.874. The van der Waals surface area contributed by atoms with Crippen LogP contribution in [-0.2, 0) is 6.54 Å². The Kier molecular flexibility index (Phi) is 3.01. The lowest BCUT2D eigenvalue weighted by Gasteiger charge is -2.01. The van der Waals surface area contributed by atoms with Gasteiger partial charge in [0.2, 0.25) is 0 Å². The number of carboxylic acid groups (broad SMARTS) is 2. The Bertz CT molecular complexity index is 364. The molecule has 14 heavy (non-hydrogen) atoms. The molecule has 1 amide bonds. The van der Waals surface area contributed by atoms with Crippen molar-refractivity contribution in [3.8, 4) is 0 Å². The summed E-state index contributed by atoms with van der Waals surface area (Å²) in [4.78, 5) is 24.5. The van der Waals surface area contributed by atoms with E-state index >= 15 is 0 Å². The molecule has 1 heterocycles. The second-order valence-electron chi connectivity index (χ2n) is 2.50. The summed E-state index contributed by atoms with van der Waals surface area (Å²) in [6, 6.07) is 2.66. The van der Waals surface area contributed by atoms with Gasteiger partial charge in [-0.1, -0.05) is 0 Å². The van der Waals surface area contributed by atoms with E-state index in [0.29, 0.717) is 5.69 Å². The van der Waals surface area contributed by atoms with Gasteiger partial charge in [-0.05, 0) is 12.1 Å². The summed E-state index contributed by atoms with van der Waals surface area (Å²) in [7, 11) is 0. The smallest absolute Gasteiger partial charge is 0.404 e. The maximum absolute atomic E-state index is 10.5. The highest BCUT2D eigenvalue weighted by atomic mass is 16.4. The SMILES string of the molecule is O=C(O)NCc1cc(C(=O)O)ccn1. The Morgan fingerprint density at radius 1 is 1.43 bits per heavy atom. The number of nitrogens with one attached hydrogen (secondary N) is 1. The van der Waals surface area contributed by atoms with Crippen molar-refractivity contribution in [1.82, 2.24) is 10.3 Å². The van der Waals surface area contributed by atoms with E-state index in [-0.39, 0.29) is 12.1 Å². The highest BCUT2D eigenvalue weighted by Gasteiger charge is 2.04. The van der Waals surface area contributed by atoms with Gasteiger partial charge in [-0.3, -0.25) is 4.98 Å². The van der Waals surface area contributed by atoms with Crippen molar-refractivity contribution in [3.05, 3.63) is 29.6 Å². The lowest BCUT2D eigenvalue weighted by molar-refractivity contribution is 0.0696. The van der Waals surface area contributed by atoms with Gasteiger partial charge < -0.3 is 15.5 Å². The molecule has 1 aromatic rings. The van der Waals surface area contributed by atoms with Gasteiger partial charge in [0.25, 0.3) is 0 Å². The first-order valence-corrected chi connectivity index (χ1v) is 3.74. The second-order valence-corrected chi connectivity index (χ2v) is 2.50. The Hall–Kier alpha value is -2.11. The molecule has 0 saturated carbocycles. The summed E-state index contributed by atoms with van der Waals surface area (Å²) in [6.45, 7) is -0.00352. The Morgan fingerprint density at radius 3 is 2.71 bits per heavy atom. The number of carboxylic acids is 1. The van der Waals surface area contributed by atoms with Crippen LogP contribution in [0.5, 0.6) is 0 Å². The quantitative estimate of drug-likeness (QED) is 0.655. The van der Waals surface area contributed by atoms with Crippen molar-refractivity contribution in [2.75, 3.05) is 0 Å². The normalized spacial score (nSPS) is 9.43. The summed E-state index contributed by atoms with van der Waals surface area (Å²) in [6.07, 6.45) is 0.148. The van der Waals surface area contributed by atoms with E-state index in [9.17, 15) is 9.59 Å². The minimum atomic E-state index is -1.17. The third kappa shape index (κ3) is 2.74. The van der Waals surface area contributed by atoms with Gasteiger partial charge >= 0.3 is 12.1 Å². The minimum absolute atomic E-state index is 0.00352. The third-order valence-corrected chi connectivity index (χ3v) is 1.48. The molecule has 3 N–H and O–H groups in total. The zero-order valence-electron chi connectivity index (χ0n) is 7.10. The molecule has 0 aliphatic rings. The highest BCUT2D eigenvalue weighted by molar-refractivity contribution is 5.87. The largest absolute Gasteiger partial charge is 0.478 e. The van der Waals surface area contributed by atoms with Crippen LogP contribution in [0, 0.1) is 0 Å². The van der Waals surface area contributed by atoms with Crippen LogP contribution in [0.1, 0.15) is 16.1 Å². The monoisotopic (exact) mass is 196 g/mol. The number of aromatic carboxylic acids is 1. The lowest BCUT2D eigenvalue weighted by Crippen LogP contribution is -2.20. The summed E-state index contributed by atoms with van der Waals surface area (Å²) in [5.41, 5.74) is 0.453. The highest BCUT2D eigenvalue weighted by Crippen LogP contribution is 2.01. The van der Waals surface area contributed by atoms with Gasteiger partial charge in [0.05, 0.1) is 17.8 Å². The first kappa shape index (κ1) is 9.97. The number of rotatable bonds is 3. The number of hydrogen-bond acceptors (Lipinski definition) is 3. The van der Waals surface area contributed by atoms with Crippen LogP contribution >= 0.6 is 0 Å². The van der Waals surface area contributed by atoms with E-state index in [0.717, 1.165) is 0 Å². The topological polar surface area (TPSA) is 99.5 Å². The van der Waals surface area contributed by atoms with Crippen LogP contribution in [0.4, 0.5) is 4.79 Å². The summed E-state index contributed by atoms with van der Waals surface area (Å²) < 4.78 is 0. The number of hydrogen-bond donors (Lipinski definition) is 3. The standard InChI is InChI=1S/C8H8N2O4/c11-7(12)5-1-2-9-6(3-5)4-10-8(13)14/h1-3,10H,4H2,(H,11,12)(H,13,14). The molecule has 0 aromatic carbocycles. The Labute approximate surface area is 79.2 Å². The molecule has 0 atom stereocenters. The molecule has 0 fully saturated rings. The summed E-state index contributed by atoms with van der Waals surface area (Å²) in [5.74, 6) is -1.07. The molecule has 0 saturated heterocycles. The summed E-state index contributed by atoms with van der Waals surface area (Å²) in [5, 5.41) is 19.0. The average molecular weight is 196 g/mol. The lowest BCUT2D eigenvalue weighted by atomic mass is 10.2. The van der Waals surface area contributed by atoms with Crippen LogP contribution in [0.15, 0.2) is 18.3 Å². The molecule has 1 aromatic heterocycles. The van der Waals surface area contributed by atoms with E-state index in [1.54, 1.807) is 0 Å². The zero-order chi connectivity index (χ0) is 10.6. The second kappa shape index (κ2) is 4.22. The third-order valence-electron chi connectivity index (χ3n) is 1.48. The van der Waals surface area contributed by atoms with Crippen molar-refractivity contribution < 1.29 is 19.8 Å². The molecule has 74 valence electrons. The summed E-state index contributed by atoms with van der Waals surface area (Å²) >= 11 is 0. The van der Waals surface area contributed by atoms with Crippen molar-refractivity contribution in [2.24, 2.45) is 0 Å². The van der Waals surface area contributed by atoms with Crippen molar-refractivity contribution >= 4 is 12.1 Å². The molecule has 0 unspecified atom stereocenters. The van der Waals surface area contributed by atoms with E-state index in [1.165, 1.54) is 18.3 Å². The van der Waals surface area contributed by atoms with E-state index in [1.807, 2.05) is 0 Å². The van der Waals surface area contributed by atoms with Gasteiger partial charge in [-0.25, -0.2) is 9.59 Å². The fraction of sp³-hybridized carbons (Fsp3) is 0.125. The maximum atomic E-state index is 10.5. The first-order valence-electron chi connectivity index (χ1n) is 3.74. The molecule has 6 nitrogen and oxygen atoms in total. The van der Waals surface area contributed by atoms with Crippen LogP contribution < -0.4 is 5.32 Å². The van der Waals surface area contributed by atoms with Gasteiger partial charge in [0.1, 0.15) is 0 Å². The predicted octanol–water partition coefficient (Wildman–Crippen LogP) is 0.547. The molecule has 0 spiro atoms.